The lowest BCUT2D eigenvalue weighted by atomic mass is 9.90. The summed E-state index contributed by atoms with van der Waals surface area (Å²) in [5.74, 6) is -0.218. The van der Waals surface area contributed by atoms with Gasteiger partial charge in [0.05, 0.1) is 12.0 Å². The number of hydrogen-bond donors (Lipinski definition) is 1. The number of nitrogens with one attached hydrogen (secondary N) is 1. The Morgan fingerprint density at radius 3 is 1.97 bits per heavy atom. The summed E-state index contributed by atoms with van der Waals surface area (Å²) >= 11 is 1.79. The Bertz CT molecular complexity index is 848. The molecule has 0 aliphatic carbocycles. The molecule has 1 amide bonds. The van der Waals surface area contributed by atoms with Crippen molar-refractivity contribution in [3.05, 3.63) is 94.2 Å². The SMILES string of the molecule is O=C(NC[C@H](c1cccs1)N1CCCCCC1)C(c1ccccc1)c1ccccc1. The van der Waals surface area contributed by atoms with Crippen LogP contribution >= 0.6 is 11.3 Å². The van der Waals surface area contributed by atoms with Crippen molar-refractivity contribution < 1.29 is 4.79 Å². The summed E-state index contributed by atoms with van der Waals surface area (Å²) in [4.78, 5) is 17.4. The van der Waals surface area contributed by atoms with Gasteiger partial charge < -0.3 is 5.32 Å². The maximum Gasteiger partial charge on any atom is 0.232 e. The Balaban J connectivity index is 1.53. The van der Waals surface area contributed by atoms with E-state index in [-0.39, 0.29) is 17.9 Å². The predicted octanol–water partition coefficient (Wildman–Crippen LogP) is 5.61. The number of likely N-dealkylation sites (tertiary alicyclic amines) is 1. The maximum atomic E-state index is 13.4. The van der Waals surface area contributed by atoms with Gasteiger partial charge in [0.15, 0.2) is 0 Å². The number of amides is 1. The zero-order valence-corrected chi connectivity index (χ0v) is 18.2. The number of carbonyl (C=O) groups excluding carboxylic acids is 1. The summed E-state index contributed by atoms with van der Waals surface area (Å²) in [5, 5.41) is 5.45. The average molecular weight is 419 g/mol. The quantitative estimate of drug-likeness (QED) is 0.541. The third kappa shape index (κ3) is 5.18. The van der Waals surface area contributed by atoms with Gasteiger partial charge in [0, 0.05) is 11.4 Å². The van der Waals surface area contributed by atoms with Gasteiger partial charge in [0.1, 0.15) is 0 Å². The molecule has 0 unspecified atom stereocenters. The van der Waals surface area contributed by atoms with Crippen molar-refractivity contribution in [1.29, 1.82) is 0 Å². The van der Waals surface area contributed by atoms with Crippen LogP contribution in [0, 0.1) is 0 Å². The molecule has 30 heavy (non-hydrogen) atoms. The van der Waals surface area contributed by atoms with E-state index < -0.39 is 0 Å². The topological polar surface area (TPSA) is 32.3 Å². The Kier molecular flexibility index (Phi) is 7.33. The van der Waals surface area contributed by atoms with Crippen molar-refractivity contribution in [2.75, 3.05) is 19.6 Å². The lowest BCUT2D eigenvalue weighted by Gasteiger charge is -2.31. The highest BCUT2D eigenvalue weighted by atomic mass is 32.1. The van der Waals surface area contributed by atoms with Crippen LogP contribution in [0.1, 0.15) is 53.6 Å². The molecule has 4 rings (SSSR count). The molecule has 0 bridgehead atoms. The normalized spacial score (nSPS) is 16.2. The van der Waals surface area contributed by atoms with Gasteiger partial charge >= 0.3 is 0 Å². The summed E-state index contributed by atoms with van der Waals surface area (Å²) in [7, 11) is 0. The van der Waals surface area contributed by atoms with E-state index in [1.807, 2.05) is 60.7 Å². The number of hydrogen-bond acceptors (Lipinski definition) is 3. The number of nitrogens with zero attached hydrogens (tertiary/aromatic N) is 1. The van der Waals surface area contributed by atoms with Crippen LogP contribution < -0.4 is 5.32 Å². The Labute approximate surface area is 183 Å². The molecule has 1 aliphatic heterocycles. The molecule has 1 aromatic heterocycles. The molecular weight excluding hydrogens is 388 g/mol. The molecule has 1 N–H and O–H groups in total. The predicted molar refractivity (Wildman–Crippen MR) is 125 cm³/mol. The zero-order valence-electron chi connectivity index (χ0n) is 17.4. The van der Waals surface area contributed by atoms with E-state index in [1.54, 1.807) is 11.3 Å². The van der Waals surface area contributed by atoms with Crippen LogP contribution in [0.4, 0.5) is 0 Å². The van der Waals surface area contributed by atoms with Gasteiger partial charge in [-0.25, -0.2) is 0 Å². The van der Waals surface area contributed by atoms with E-state index in [1.165, 1.54) is 30.6 Å². The number of rotatable bonds is 7. The number of benzene rings is 2. The lowest BCUT2D eigenvalue weighted by molar-refractivity contribution is -0.122. The van der Waals surface area contributed by atoms with Crippen LogP contribution in [-0.4, -0.2) is 30.4 Å². The van der Waals surface area contributed by atoms with Gasteiger partial charge in [-0.3, -0.25) is 9.69 Å². The molecule has 1 atom stereocenters. The van der Waals surface area contributed by atoms with Crippen molar-refractivity contribution in [1.82, 2.24) is 10.2 Å². The van der Waals surface area contributed by atoms with Crippen molar-refractivity contribution in [3.63, 3.8) is 0 Å². The fourth-order valence-electron chi connectivity index (χ4n) is 4.38. The molecule has 1 aliphatic rings. The van der Waals surface area contributed by atoms with Crippen molar-refractivity contribution in [2.45, 2.75) is 37.6 Å². The van der Waals surface area contributed by atoms with Crippen LogP contribution in [0.3, 0.4) is 0 Å². The molecule has 1 saturated heterocycles. The van der Waals surface area contributed by atoms with Gasteiger partial charge in [-0.1, -0.05) is 79.6 Å². The standard InChI is InChI=1S/C26H30N2OS/c29-26(25(21-12-5-3-6-13-21)22-14-7-4-8-15-22)27-20-23(24-16-11-19-30-24)28-17-9-1-2-10-18-28/h3-8,11-16,19,23,25H,1-2,9-10,17-18,20H2,(H,27,29)/t23-/m1/s1. The van der Waals surface area contributed by atoms with Gasteiger partial charge in [0.25, 0.3) is 0 Å². The maximum absolute atomic E-state index is 13.4. The molecular formula is C26H30N2OS. The van der Waals surface area contributed by atoms with Crippen LogP contribution in [0.25, 0.3) is 0 Å². The molecule has 2 heterocycles. The summed E-state index contributed by atoms with van der Waals surface area (Å²) in [6.07, 6.45) is 5.10. The third-order valence-corrected chi connectivity index (χ3v) is 6.92. The smallest absolute Gasteiger partial charge is 0.232 e. The summed E-state index contributed by atoms with van der Waals surface area (Å²) in [6, 6.07) is 24.8. The van der Waals surface area contributed by atoms with E-state index >= 15 is 0 Å². The minimum Gasteiger partial charge on any atom is -0.353 e. The molecule has 0 spiro atoms. The van der Waals surface area contributed by atoms with E-state index in [2.05, 4.69) is 27.7 Å². The van der Waals surface area contributed by atoms with Crippen molar-refractivity contribution >= 4 is 17.2 Å². The zero-order chi connectivity index (χ0) is 20.6. The minimum atomic E-state index is -0.291. The van der Waals surface area contributed by atoms with Gasteiger partial charge in [0.2, 0.25) is 5.91 Å². The summed E-state index contributed by atoms with van der Waals surface area (Å²) in [6.45, 7) is 2.87. The molecule has 156 valence electrons. The monoisotopic (exact) mass is 418 g/mol. The van der Waals surface area contributed by atoms with Gasteiger partial charge in [-0.2, -0.15) is 0 Å². The molecule has 1 fully saturated rings. The fraction of sp³-hybridized carbons (Fsp3) is 0.346. The average Bonchev–Trinajstić information content (AvgIpc) is 3.18. The van der Waals surface area contributed by atoms with Crippen LogP contribution in [-0.2, 0) is 4.79 Å². The first kappa shape index (κ1) is 20.8. The van der Waals surface area contributed by atoms with Crippen LogP contribution in [0.5, 0.6) is 0 Å². The number of carbonyl (C=O) groups is 1. The lowest BCUT2D eigenvalue weighted by Crippen LogP contribution is -2.40. The second kappa shape index (κ2) is 10.6. The van der Waals surface area contributed by atoms with Crippen molar-refractivity contribution in [3.8, 4) is 0 Å². The van der Waals surface area contributed by atoms with Crippen LogP contribution in [0.2, 0.25) is 0 Å². The largest absolute Gasteiger partial charge is 0.353 e. The third-order valence-electron chi connectivity index (χ3n) is 5.95. The Hall–Kier alpha value is -2.43. The van der Waals surface area contributed by atoms with Gasteiger partial charge in [-0.15, -0.1) is 11.3 Å². The van der Waals surface area contributed by atoms with Crippen LogP contribution in [0.15, 0.2) is 78.2 Å². The summed E-state index contributed by atoms with van der Waals surface area (Å²) < 4.78 is 0. The van der Waals surface area contributed by atoms with E-state index in [9.17, 15) is 4.79 Å². The first-order chi connectivity index (χ1) is 14.8. The highest BCUT2D eigenvalue weighted by Crippen LogP contribution is 2.29. The molecule has 2 aromatic carbocycles. The molecule has 4 heteroatoms. The second-order valence-electron chi connectivity index (χ2n) is 7.98. The summed E-state index contributed by atoms with van der Waals surface area (Å²) in [5.41, 5.74) is 2.06. The highest BCUT2D eigenvalue weighted by Gasteiger charge is 2.26. The van der Waals surface area contributed by atoms with E-state index in [0.29, 0.717) is 6.54 Å². The highest BCUT2D eigenvalue weighted by molar-refractivity contribution is 7.10. The molecule has 3 nitrogen and oxygen atoms in total. The fourth-order valence-corrected chi connectivity index (χ4v) is 5.24. The Morgan fingerprint density at radius 1 is 0.833 bits per heavy atom. The van der Waals surface area contributed by atoms with Gasteiger partial charge in [-0.05, 0) is 48.5 Å². The first-order valence-electron chi connectivity index (χ1n) is 11.0. The molecule has 3 aromatic rings. The van der Waals surface area contributed by atoms with Crippen molar-refractivity contribution in [2.24, 2.45) is 0 Å². The number of thiophene rings is 1. The minimum absolute atomic E-state index is 0.0729. The molecule has 0 saturated carbocycles. The molecule has 0 radical (unpaired) electrons. The van der Waals surface area contributed by atoms with E-state index in [0.717, 1.165) is 24.2 Å². The Morgan fingerprint density at radius 2 is 1.43 bits per heavy atom. The second-order valence-corrected chi connectivity index (χ2v) is 8.96. The van der Waals surface area contributed by atoms with E-state index in [4.69, 9.17) is 0 Å². The first-order valence-corrected chi connectivity index (χ1v) is 11.9.